The predicted octanol–water partition coefficient (Wildman–Crippen LogP) is 2.20. The van der Waals surface area contributed by atoms with Crippen molar-refractivity contribution in [1.82, 2.24) is 19.6 Å². The monoisotopic (exact) mass is 346 g/mol. The van der Waals surface area contributed by atoms with Gasteiger partial charge >= 0.3 is 0 Å². The molecule has 3 heterocycles. The summed E-state index contributed by atoms with van der Waals surface area (Å²) in [4.78, 5) is 28.6. The number of piperazine rings is 1. The number of hydrogen-bond acceptors (Lipinski definition) is 4. The molecular weight excluding hydrogens is 324 g/mol. The van der Waals surface area contributed by atoms with Crippen molar-refractivity contribution in [2.45, 2.75) is 19.8 Å². The molecule has 1 aliphatic rings. The molecule has 2 aromatic rings. The second kappa shape index (κ2) is 6.76. The lowest BCUT2D eigenvalue weighted by Crippen LogP contribution is -2.50. The Morgan fingerprint density at radius 3 is 2.25 bits per heavy atom. The number of aryl methyl sites for hydroxylation is 1. The largest absolute Gasteiger partial charge is 0.335 e. The lowest BCUT2D eigenvalue weighted by atomic mass is 10.1. The summed E-state index contributed by atoms with van der Waals surface area (Å²) in [6.45, 7) is 6.37. The molecule has 0 aromatic carbocycles. The van der Waals surface area contributed by atoms with Gasteiger partial charge in [0.1, 0.15) is 0 Å². The van der Waals surface area contributed by atoms with Crippen LogP contribution in [0.15, 0.2) is 22.9 Å². The second-order valence-electron chi connectivity index (χ2n) is 6.33. The lowest BCUT2D eigenvalue weighted by molar-refractivity contribution is 0.0532. The molecule has 7 heteroatoms. The fourth-order valence-corrected chi connectivity index (χ4v) is 3.60. The average molecular weight is 346 g/mol. The van der Waals surface area contributed by atoms with Gasteiger partial charge in [-0.15, -0.1) is 0 Å². The van der Waals surface area contributed by atoms with Crippen LogP contribution in [0.5, 0.6) is 0 Å². The first-order valence-electron chi connectivity index (χ1n) is 8.12. The minimum atomic E-state index is -0.0554. The van der Waals surface area contributed by atoms with Crippen LogP contribution in [0.25, 0.3) is 0 Å². The highest BCUT2D eigenvalue weighted by Gasteiger charge is 2.27. The van der Waals surface area contributed by atoms with E-state index in [4.69, 9.17) is 0 Å². The van der Waals surface area contributed by atoms with Gasteiger partial charge in [-0.25, -0.2) is 0 Å². The third-order valence-corrected chi connectivity index (χ3v) is 5.03. The van der Waals surface area contributed by atoms with Gasteiger partial charge in [0.2, 0.25) is 0 Å². The van der Waals surface area contributed by atoms with E-state index in [1.165, 1.54) is 11.3 Å². The molecule has 0 saturated carbocycles. The smallest absolute Gasteiger partial charge is 0.274 e. The number of carbonyl (C=O) groups is 2. The van der Waals surface area contributed by atoms with E-state index in [1.807, 2.05) is 34.8 Å². The second-order valence-corrected chi connectivity index (χ2v) is 7.11. The summed E-state index contributed by atoms with van der Waals surface area (Å²) in [5, 5.41) is 8.11. The van der Waals surface area contributed by atoms with Gasteiger partial charge in [0.25, 0.3) is 11.8 Å². The zero-order valence-corrected chi connectivity index (χ0v) is 15.0. The minimum absolute atomic E-state index is 0.0447. The molecule has 24 heavy (non-hydrogen) atoms. The van der Waals surface area contributed by atoms with Crippen LogP contribution in [-0.4, -0.2) is 57.6 Å². The van der Waals surface area contributed by atoms with Crippen molar-refractivity contribution in [3.63, 3.8) is 0 Å². The molecule has 1 saturated heterocycles. The Morgan fingerprint density at radius 1 is 1.12 bits per heavy atom. The molecule has 1 aliphatic heterocycles. The normalized spacial score (nSPS) is 15.2. The van der Waals surface area contributed by atoms with Crippen molar-refractivity contribution in [2.75, 3.05) is 26.2 Å². The van der Waals surface area contributed by atoms with E-state index >= 15 is 0 Å². The van der Waals surface area contributed by atoms with E-state index in [0.29, 0.717) is 37.8 Å². The fraction of sp³-hybridized carbons (Fsp3) is 0.471. The Morgan fingerprint density at radius 2 is 1.75 bits per heavy atom. The van der Waals surface area contributed by atoms with Crippen LogP contribution in [0.2, 0.25) is 0 Å². The van der Waals surface area contributed by atoms with E-state index in [0.717, 1.165) is 11.3 Å². The third-order valence-electron chi connectivity index (χ3n) is 4.35. The van der Waals surface area contributed by atoms with Gasteiger partial charge in [0.05, 0.1) is 5.56 Å². The summed E-state index contributed by atoms with van der Waals surface area (Å²) in [5.41, 5.74) is 2.26. The molecule has 0 spiro atoms. The number of aromatic nitrogens is 2. The molecule has 0 bridgehead atoms. The Bertz CT molecular complexity index is 728. The number of thiophene rings is 1. The average Bonchev–Trinajstić information content (AvgIpc) is 3.23. The van der Waals surface area contributed by atoms with Gasteiger partial charge in [0, 0.05) is 44.3 Å². The Balaban J connectivity index is 1.63. The number of rotatable bonds is 3. The molecule has 1 fully saturated rings. The molecule has 0 atom stereocenters. The van der Waals surface area contributed by atoms with E-state index in [1.54, 1.807) is 9.58 Å². The van der Waals surface area contributed by atoms with Crippen molar-refractivity contribution in [1.29, 1.82) is 0 Å². The Kier molecular flexibility index (Phi) is 4.71. The van der Waals surface area contributed by atoms with Crippen LogP contribution in [0.1, 0.15) is 46.3 Å². The van der Waals surface area contributed by atoms with Gasteiger partial charge in [-0.05, 0) is 23.4 Å². The van der Waals surface area contributed by atoms with Crippen LogP contribution >= 0.6 is 11.3 Å². The summed E-state index contributed by atoms with van der Waals surface area (Å²) in [6, 6.07) is 3.71. The Labute approximate surface area is 145 Å². The van der Waals surface area contributed by atoms with E-state index in [9.17, 15) is 9.59 Å². The standard InChI is InChI=1S/C17H22N4O2S/c1-12(2)15-10-14(18-19(15)3)17(23)21-7-5-20(6-8-21)16(22)13-4-9-24-11-13/h4,9-12H,5-8H2,1-3H3. The van der Waals surface area contributed by atoms with E-state index < -0.39 is 0 Å². The first kappa shape index (κ1) is 16.7. The maximum atomic E-state index is 12.6. The third kappa shape index (κ3) is 3.21. The van der Waals surface area contributed by atoms with E-state index in [2.05, 4.69) is 18.9 Å². The molecular formula is C17H22N4O2S. The van der Waals surface area contributed by atoms with Gasteiger partial charge in [-0.2, -0.15) is 16.4 Å². The van der Waals surface area contributed by atoms with Gasteiger partial charge in [0.15, 0.2) is 5.69 Å². The summed E-state index contributed by atoms with van der Waals surface area (Å²) >= 11 is 1.52. The van der Waals surface area contributed by atoms with Crippen molar-refractivity contribution in [3.05, 3.63) is 39.8 Å². The molecule has 6 nitrogen and oxygen atoms in total. The number of amides is 2. The zero-order chi connectivity index (χ0) is 17.3. The molecule has 3 rings (SSSR count). The van der Waals surface area contributed by atoms with Crippen molar-refractivity contribution >= 4 is 23.2 Å². The van der Waals surface area contributed by atoms with Crippen LogP contribution in [0.4, 0.5) is 0 Å². The topological polar surface area (TPSA) is 58.4 Å². The highest BCUT2D eigenvalue weighted by Crippen LogP contribution is 2.17. The number of nitrogens with zero attached hydrogens (tertiary/aromatic N) is 4. The molecule has 0 unspecified atom stereocenters. The Hall–Kier alpha value is -2.15. The summed E-state index contributed by atoms with van der Waals surface area (Å²) in [7, 11) is 1.86. The van der Waals surface area contributed by atoms with Crippen LogP contribution < -0.4 is 0 Å². The highest BCUT2D eigenvalue weighted by atomic mass is 32.1. The van der Waals surface area contributed by atoms with Gasteiger partial charge in [-0.1, -0.05) is 13.8 Å². The van der Waals surface area contributed by atoms with Gasteiger partial charge < -0.3 is 9.80 Å². The first-order chi connectivity index (χ1) is 11.5. The number of carbonyl (C=O) groups excluding carboxylic acids is 2. The molecule has 128 valence electrons. The minimum Gasteiger partial charge on any atom is -0.335 e. The first-order valence-corrected chi connectivity index (χ1v) is 9.06. The van der Waals surface area contributed by atoms with Gasteiger partial charge in [-0.3, -0.25) is 14.3 Å². The summed E-state index contributed by atoms with van der Waals surface area (Å²) in [5.74, 6) is 0.313. The quantitative estimate of drug-likeness (QED) is 0.856. The summed E-state index contributed by atoms with van der Waals surface area (Å²) < 4.78 is 1.77. The number of hydrogen-bond donors (Lipinski definition) is 0. The summed E-state index contributed by atoms with van der Waals surface area (Å²) in [6.07, 6.45) is 0. The van der Waals surface area contributed by atoms with Crippen molar-refractivity contribution in [2.24, 2.45) is 7.05 Å². The van der Waals surface area contributed by atoms with E-state index in [-0.39, 0.29) is 11.8 Å². The van der Waals surface area contributed by atoms with Crippen molar-refractivity contribution in [3.8, 4) is 0 Å². The van der Waals surface area contributed by atoms with Crippen LogP contribution in [-0.2, 0) is 7.05 Å². The molecule has 2 amide bonds. The van der Waals surface area contributed by atoms with Crippen LogP contribution in [0.3, 0.4) is 0 Å². The highest BCUT2D eigenvalue weighted by molar-refractivity contribution is 7.08. The molecule has 0 radical (unpaired) electrons. The lowest BCUT2D eigenvalue weighted by Gasteiger charge is -2.34. The zero-order valence-electron chi connectivity index (χ0n) is 14.2. The van der Waals surface area contributed by atoms with Crippen LogP contribution in [0, 0.1) is 0 Å². The fourth-order valence-electron chi connectivity index (χ4n) is 2.97. The maximum Gasteiger partial charge on any atom is 0.274 e. The SMILES string of the molecule is CC(C)c1cc(C(=O)N2CCN(C(=O)c3ccsc3)CC2)nn1C. The maximum absolute atomic E-state index is 12.6. The molecule has 0 N–H and O–H groups in total. The molecule has 0 aliphatic carbocycles. The molecule has 2 aromatic heterocycles. The van der Waals surface area contributed by atoms with Crippen molar-refractivity contribution < 1.29 is 9.59 Å². The predicted molar refractivity (Wildman–Crippen MR) is 93.4 cm³/mol.